The molecule has 1 aliphatic heterocycles. The van der Waals surface area contributed by atoms with Crippen molar-refractivity contribution in [2.24, 2.45) is 5.92 Å². The second kappa shape index (κ2) is 7.55. The van der Waals surface area contributed by atoms with E-state index in [9.17, 15) is 4.39 Å². The molecule has 2 heterocycles. The lowest BCUT2D eigenvalue weighted by Crippen LogP contribution is -2.34. The summed E-state index contributed by atoms with van der Waals surface area (Å²) >= 11 is 0. The van der Waals surface area contributed by atoms with Crippen LogP contribution in [0.5, 0.6) is 5.75 Å². The lowest BCUT2D eigenvalue weighted by Gasteiger charge is -2.33. The molecule has 1 aliphatic rings. The first-order chi connectivity index (χ1) is 11.6. The van der Waals surface area contributed by atoms with E-state index in [1.54, 1.807) is 6.07 Å². The Hall–Kier alpha value is -1.56. The summed E-state index contributed by atoms with van der Waals surface area (Å²) in [6.45, 7) is 1.53. The predicted octanol–water partition coefficient (Wildman–Crippen LogP) is 2.68. The number of benzene rings is 1. The maximum absolute atomic E-state index is 14.4. The Morgan fingerprint density at radius 1 is 1.29 bits per heavy atom. The van der Waals surface area contributed by atoms with Gasteiger partial charge in [-0.2, -0.15) is 0 Å². The fourth-order valence-corrected chi connectivity index (χ4v) is 3.83. The summed E-state index contributed by atoms with van der Waals surface area (Å²) < 4.78 is 19.7. The van der Waals surface area contributed by atoms with E-state index in [2.05, 4.69) is 14.9 Å². The molecule has 1 aromatic heterocycles. The summed E-state index contributed by atoms with van der Waals surface area (Å²) in [5.74, 6) is 1.25. The molecule has 0 unspecified atom stereocenters. The topological polar surface area (TPSA) is 78.7 Å². The van der Waals surface area contributed by atoms with Gasteiger partial charge in [0.25, 0.3) is 0 Å². The number of rotatable bonds is 5. The average Bonchev–Trinajstić information content (AvgIpc) is 2.60. The van der Waals surface area contributed by atoms with Crippen molar-refractivity contribution < 1.29 is 18.9 Å². The van der Waals surface area contributed by atoms with Crippen LogP contribution in [0.2, 0.25) is 0 Å². The molecular formula is C16H21FN3O3P. The standard InChI is InChI=1S/C16H21FN3O3P/c1-23-13-3-2-12(17)14-15(13)18-10-19-16(14)20-7-4-11(5-8-20)6-9-24(21)22/h2-3,10-11,21-22H,4-9H2,1H3. The number of nitrogens with zero attached hydrogens (tertiary/aromatic N) is 3. The molecule has 1 aromatic carbocycles. The first-order valence-electron chi connectivity index (χ1n) is 7.97. The molecule has 2 aromatic rings. The monoisotopic (exact) mass is 353 g/mol. The van der Waals surface area contributed by atoms with E-state index in [0.717, 1.165) is 32.4 Å². The highest BCUT2D eigenvalue weighted by atomic mass is 31.2. The van der Waals surface area contributed by atoms with Crippen LogP contribution < -0.4 is 9.64 Å². The first-order valence-corrected chi connectivity index (χ1v) is 9.41. The number of aromatic nitrogens is 2. The van der Waals surface area contributed by atoms with E-state index >= 15 is 0 Å². The summed E-state index contributed by atoms with van der Waals surface area (Å²) in [5.41, 5.74) is 0.482. The predicted molar refractivity (Wildman–Crippen MR) is 91.8 cm³/mol. The van der Waals surface area contributed by atoms with Gasteiger partial charge >= 0.3 is 0 Å². The molecule has 1 saturated heterocycles. The minimum atomic E-state index is -1.81. The maximum Gasteiger partial charge on any atom is 0.164 e. The molecule has 6 nitrogen and oxygen atoms in total. The highest BCUT2D eigenvalue weighted by Gasteiger charge is 2.24. The maximum atomic E-state index is 14.4. The molecule has 0 radical (unpaired) electrons. The van der Waals surface area contributed by atoms with Gasteiger partial charge in [0.15, 0.2) is 8.38 Å². The zero-order chi connectivity index (χ0) is 17.1. The molecule has 0 aliphatic carbocycles. The summed E-state index contributed by atoms with van der Waals surface area (Å²) in [6, 6.07) is 2.95. The number of ether oxygens (including phenoxy) is 1. The summed E-state index contributed by atoms with van der Waals surface area (Å²) in [6.07, 6.45) is 4.58. The van der Waals surface area contributed by atoms with E-state index < -0.39 is 8.38 Å². The molecule has 24 heavy (non-hydrogen) atoms. The molecule has 0 atom stereocenters. The van der Waals surface area contributed by atoms with Crippen LogP contribution in [0, 0.1) is 11.7 Å². The highest BCUT2D eigenvalue weighted by molar-refractivity contribution is 7.45. The van der Waals surface area contributed by atoms with Gasteiger partial charge in [-0.1, -0.05) is 0 Å². The van der Waals surface area contributed by atoms with Crippen LogP contribution in [0.1, 0.15) is 19.3 Å². The molecule has 3 rings (SSSR count). The SMILES string of the molecule is COc1ccc(F)c2c(N3CCC(CCP(O)O)CC3)ncnc12. The van der Waals surface area contributed by atoms with Crippen molar-refractivity contribution in [2.45, 2.75) is 19.3 Å². The average molecular weight is 353 g/mol. The second-order valence-electron chi connectivity index (χ2n) is 5.99. The normalized spacial score (nSPS) is 16.1. The van der Waals surface area contributed by atoms with Gasteiger partial charge in [0, 0.05) is 19.3 Å². The minimum absolute atomic E-state index is 0.352. The number of hydrogen-bond acceptors (Lipinski definition) is 6. The molecule has 8 heteroatoms. The van der Waals surface area contributed by atoms with Crippen molar-refractivity contribution in [1.29, 1.82) is 0 Å². The number of piperidine rings is 1. The van der Waals surface area contributed by atoms with Crippen LogP contribution in [0.4, 0.5) is 10.2 Å². The highest BCUT2D eigenvalue weighted by Crippen LogP contribution is 2.35. The molecule has 0 saturated carbocycles. The summed E-state index contributed by atoms with van der Waals surface area (Å²) in [7, 11) is -0.273. The van der Waals surface area contributed by atoms with Crippen molar-refractivity contribution >= 4 is 25.1 Å². The van der Waals surface area contributed by atoms with E-state index in [-0.39, 0.29) is 5.82 Å². The quantitative estimate of drug-likeness (QED) is 0.805. The first kappa shape index (κ1) is 17.3. The molecule has 2 N–H and O–H groups in total. The largest absolute Gasteiger partial charge is 0.494 e. The van der Waals surface area contributed by atoms with Crippen molar-refractivity contribution in [3.63, 3.8) is 0 Å². The number of hydrogen-bond donors (Lipinski definition) is 2. The Labute approximate surface area is 141 Å². The fraction of sp³-hybridized carbons (Fsp3) is 0.500. The van der Waals surface area contributed by atoms with Crippen LogP contribution in [0.25, 0.3) is 10.9 Å². The fourth-order valence-electron chi connectivity index (χ4n) is 3.23. The van der Waals surface area contributed by atoms with Gasteiger partial charge in [-0.15, -0.1) is 0 Å². The van der Waals surface area contributed by atoms with Crippen LogP contribution in [0.15, 0.2) is 18.5 Å². The van der Waals surface area contributed by atoms with Gasteiger partial charge in [0.2, 0.25) is 0 Å². The zero-order valence-electron chi connectivity index (χ0n) is 13.5. The summed E-state index contributed by atoms with van der Waals surface area (Å²) in [5, 5.41) is 0.393. The molecular weight excluding hydrogens is 332 g/mol. The Bertz CT molecular complexity index is 708. The van der Waals surface area contributed by atoms with Gasteiger partial charge in [-0.05, 0) is 37.3 Å². The third-order valence-corrected chi connectivity index (χ3v) is 5.21. The van der Waals surface area contributed by atoms with Crippen molar-refractivity contribution in [3.05, 3.63) is 24.3 Å². The van der Waals surface area contributed by atoms with Crippen LogP contribution in [-0.4, -0.2) is 46.1 Å². The lowest BCUT2D eigenvalue weighted by molar-refractivity contribution is 0.386. The van der Waals surface area contributed by atoms with Crippen molar-refractivity contribution in [3.8, 4) is 5.75 Å². The molecule has 130 valence electrons. The molecule has 0 spiro atoms. The van der Waals surface area contributed by atoms with Crippen molar-refractivity contribution in [2.75, 3.05) is 31.3 Å². The molecule has 1 fully saturated rings. The van der Waals surface area contributed by atoms with Crippen molar-refractivity contribution in [1.82, 2.24) is 9.97 Å². The number of halogens is 1. The second-order valence-corrected chi connectivity index (χ2v) is 7.18. The van der Waals surface area contributed by atoms with Crippen LogP contribution in [-0.2, 0) is 0 Å². The Morgan fingerprint density at radius 3 is 2.71 bits per heavy atom. The van der Waals surface area contributed by atoms with E-state index in [0.29, 0.717) is 34.6 Å². The van der Waals surface area contributed by atoms with E-state index in [1.165, 1.54) is 19.5 Å². The molecule has 0 bridgehead atoms. The van der Waals surface area contributed by atoms with Crippen LogP contribution in [0.3, 0.4) is 0 Å². The number of fused-ring (bicyclic) bond motifs is 1. The Morgan fingerprint density at radius 2 is 2.04 bits per heavy atom. The van der Waals surface area contributed by atoms with Gasteiger partial charge < -0.3 is 19.4 Å². The van der Waals surface area contributed by atoms with Crippen LogP contribution >= 0.6 is 8.38 Å². The Balaban J connectivity index is 1.81. The van der Waals surface area contributed by atoms with Gasteiger partial charge in [0.05, 0.1) is 12.5 Å². The lowest BCUT2D eigenvalue weighted by atomic mass is 9.94. The van der Waals surface area contributed by atoms with Gasteiger partial charge in [-0.3, -0.25) is 0 Å². The minimum Gasteiger partial charge on any atom is -0.494 e. The third kappa shape index (κ3) is 3.58. The van der Waals surface area contributed by atoms with E-state index in [4.69, 9.17) is 14.5 Å². The smallest absolute Gasteiger partial charge is 0.164 e. The molecule has 0 amide bonds. The number of anilines is 1. The van der Waals surface area contributed by atoms with Gasteiger partial charge in [-0.25, -0.2) is 14.4 Å². The zero-order valence-corrected chi connectivity index (χ0v) is 14.4. The Kier molecular flexibility index (Phi) is 5.43. The number of methoxy groups -OCH3 is 1. The van der Waals surface area contributed by atoms with E-state index in [1.807, 2.05) is 0 Å². The summed E-state index contributed by atoms with van der Waals surface area (Å²) in [4.78, 5) is 28.7. The van der Waals surface area contributed by atoms with Gasteiger partial charge in [0.1, 0.15) is 29.2 Å². The third-order valence-electron chi connectivity index (χ3n) is 4.55.